The predicted octanol–water partition coefficient (Wildman–Crippen LogP) is 8.26. The topological polar surface area (TPSA) is 39.2 Å². The van der Waals surface area contributed by atoms with Gasteiger partial charge in [-0.2, -0.15) is 13.2 Å². The Balaban J connectivity index is 1.68. The monoisotopic (exact) mass is 519 g/mol. The second-order valence-corrected chi connectivity index (χ2v) is 8.50. The molecule has 190 valence electrons. The predicted molar refractivity (Wildman–Crippen MR) is 134 cm³/mol. The van der Waals surface area contributed by atoms with Crippen LogP contribution in [-0.2, 0) is 12.8 Å². The molecule has 0 saturated carbocycles. The highest BCUT2D eigenvalue weighted by Gasteiger charge is 2.34. The van der Waals surface area contributed by atoms with Crippen molar-refractivity contribution in [3.63, 3.8) is 0 Å². The molecule has 0 aliphatic carbocycles. The standard InChI is InChI=1S/C30H18F5NO2/c31-21-12-11-20(27(32)14-21)17-38-22-7-3-6-18(13-22)28-24-9-4-10-26(30(33,34)35)29(24)36-15-25(28)23-8-2-1-5-19(23)16-37/h1-16H,17H2. The van der Waals surface area contributed by atoms with Crippen molar-refractivity contribution in [1.82, 2.24) is 4.98 Å². The van der Waals surface area contributed by atoms with Gasteiger partial charge >= 0.3 is 6.18 Å². The molecule has 1 aromatic heterocycles. The van der Waals surface area contributed by atoms with Gasteiger partial charge in [-0.1, -0.05) is 48.5 Å². The molecule has 4 aromatic carbocycles. The first kappa shape index (κ1) is 25.1. The van der Waals surface area contributed by atoms with Crippen LogP contribution in [0.3, 0.4) is 0 Å². The molecule has 1 heterocycles. The molecular formula is C30H18F5NO2. The Morgan fingerprint density at radius 2 is 1.63 bits per heavy atom. The number of benzene rings is 4. The van der Waals surface area contributed by atoms with Crippen molar-refractivity contribution in [2.24, 2.45) is 0 Å². The number of alkyl halides is 3. The van der Waals surface area contributed by atoms with Crippen LogP contribution in [0, 0.1) is 11.6 Å². The SMILES string of the molecule is O=Cc1ccccc1-c1cnc2c(C(F)(F)F)cccc2c1-c1cccc(OCc2ccc(F)cc2F)c1. The van der Waals surface area contributed by atoms with Gasteiger partial charge in [-0.15, -0.1) is 0 Å². The number of aldehydes is 1. The largest absolute Gasteiger partial charge is 0.489 e. The number of ether oxygens (including phenoxy) is 1. The third-order valence-corrected chi connectivity index (χ3v) is 6.11. The first-order valence-electron chi connectivity index (χ1n) is 11.5. The van der Waals surface area contributed by atoms with E-state index < -0.39 is 23.4 Å². The van der Waals surface area contributed by atoms with Gasteiger partial charge in [0.2, 0.25) is 0 Å². The van der Waals surface area contributed by atoms with E-state index in [1.807, 2.05) is 0 Å². The van der Waals surface area contributed by atoms with E-state index in [-0.39, 0.29) is 23.1 Å². The summed E-state index contributed by atoms with van der Waals surface area (Å²) < 4.78 is 74.5. The highest BCUT2D eigenvalue weighted by Crippen LogP contribution is 2.42. The molecule has 0 atom stereocenters. The highest BCUT2D eigenvalue weighted by atomic mass is 19.4. The minimum Gasteiger partial charge on any atom is -0.489 e. The molecule has 0 bridgehead atoms. The van der Waals surface area contributed by atoms with Crippen molar-refractivity contribution >= 4 is 17.2 Å². The molecule has 8 heteroatoms. The molecule has 5 rings (SSSR count). The number of carbonyl (C=O) groups excluding carboxylic acids is 1. The van der Waals surface area contributed by atoms with Crippen LogP contribution in [0.25, 0.3) is 33.2 Å². The third kappa shape index (κ3) is 4.85. The van der Waals surface area contributed by atoms with Crippen molar-refractivity contribution in [3.8, 4) is 28.0 Å². The van der Waals surface area contributed by atoms with Crippen LogP contribution in [0.5, 0.6) is 5.75 Å². The fraction of sp³-hybridized carbons (Fsp3) is 0.0667. The maximum Gasteiger partial charge on any atom is 0.418 e. The Hall–Kier alpha value is -4.59. The number of aromatic nitrogens is 1. The Labute approximate surface area is 214 Å². The number of carbonyl (C=O) groups is 1. The van der Waals surface area contributed by atoms with Gasteiger partial charge in [0.05, 0.1) is 11.1 Å². The molecule has 0 spiro atoms. The van der Waals surface area contributed by atoms with E-state index in [4.69, 9.17) is 4.74 Å². The van der Waals surface area contributed by atoms with Crippen LogP contribution in [0.2, 0.25) is 0 Å². The minimum absolute atomic E-state index is 0.140. The van der Waals surface area contributed by atoms with E-state index in [0.29, 0.717) is 39.9 Å². The molecular weight excluding hydrogens is 501 g/mol. The molecule has 3 nitrogen and oxygen atoms in total. The third-order valence-electron chi connectivity index (χ3n) is 6.11. The molecule has 0 aliphatic heterocycles. The van der Waals surface area contributed by atoms with Crippen molar-refractivity contribution in [1.29, 1.82) is 0 Å². The molecule has 0 saturated heterocycles. The first-order chi connectivity index (χ1) is 18.3. The summed E-state index contributed by atoms with van der Waals surface area (Å²) in [5.41, 5.74) is 1.26. The van der Waals surface area contributed by atoms with Gasteiger partial charge in [0.25, 0.3) is 0 Å². The highest BCUT2D eigenvalue weighted by molar-refractivity contribution is 6.05. The molecule has 0 fully saturated rings. The van der Waals surface area contributed by atoms with Crippen LogP contribution in [0.4, 0.5) is 22.0 Å². The average molecular weight is 519 g/mol. The Morgan fingerprint density at radius 1 is 0.842 bits per heavy atom. The smallest absolute Gasteiger partial charge is 0.418 e. The fourth-order valence-corrected chi connectivity index (χ4v) is 4.35. The maximum absolute atomic E-state index is 14.1. The minimum atomic E-state index is -4.63. The number of halogens is 5. The maximum atomic E-state index is 14.1. The van der Waals surface area contributed by atoms with Crippen LogP contribution in [0.15, 0.2) is 91.1 Å². The van der Waals surface area contributed by atoms with E-state index in [0.717, 1.165) is 18.2 Å². The Kier molecular flexibility index (Phi) is 6.63. The molecule has 0 radical (unpaired) electrons. The number of pyridine rings is 1. The van der Waals surface area contributed by atoms with E-state index in [1.54, 1.807) is 54.6 Å². The summed E-state index contributed by atoms with van der Waals surface area (Å²) in [6.07, 6.45) is -2.63. The van der Waals surface area contributed by atoms with Crippen LogP contribution < -0.4 is 4.74 Å². The zero-order chi connectivity index (χ0) is 26.9. The molecule has 0 aliphatic rings. The lowest BCUT2D eigenvalue weighted by molar-refractivity contribution is -0.136. The Bertz CT molecular complexity index is 1660. The summed E-state index contributed by atoms with van der Waals surface area (Å²) >= 11 is 0. The molecule has 0 unspecified atom stereocenters. The van der Waals surface area contributed by atoms with Crippen molar-refractivity contribution in [3.05, 3.63) is 119 Å². The van der Waals surface area contributed by atoms with Gasteiger partial charge in [0, 0.05) is 39.9 Å². The second kappa shape index (κ2) is 10.0. The summed E-state index contributed by atoms with van der Waals surface area (Å²) in [6, 6.07) is 20.3. The molecule has 0 amide bonds. The van der Waals surface area contributed by atoms with E-state index >= 15 is 0 Å². The first-order valence-corrected chi connectivity index (χ1v) is 11.5. The van der Waals surface area contributed by atoms with E-state index in [1.165, 1.54) is 18.3 Å². The zero-order valence-corrected chi connectivity index (χ0v) is 19.6. The van der Waals surface area contributed by atoms with Crippen LogP contribution in [-0.4, -0.2) is 11.3 Å². The lowest BCUT2D eigenvalue weighted by Crippen LogP contribution is -2.07. The van der Waals surface area contributed by atoms with E-state index in [2.05, 4.69) is 4.98 Å². The number of hydrogen-bond acceptors (Lipinski definition) is 3. The van der Waals surface area contributed by atoms with Crippen molar-refractivity contribution in [2.45, 2.75) is 12.8 Å². The quantitative estimate of drug-likeness (QED) is 0.167. The second-order valence-electron chi connectivity index (χ2n) is 8.50. The normalized spacial score (nSPS) is 11.5. The van der Waals surface area contributed by atoms with Crippen LogP contribution in [0.1, 0.15) is 21.5 Å². The van der Waals surface area contributed by atoms with Gasteiger partial charge in [-0.25, -0.2) is 8.78 Å². The Morgan fingerprint density at radius 3 is 2.39 bits per heavy atom. The van der Waals surface area contributed by atoms with Gasteiger partial charge in [0.15, 0.2) is 6.29 Å². The van der Waals surface area contributed by atoms with E-state index in [9.17, 15) is 26.7 Å². The summed E-state index contributed by atoms with van der Waals surface area (Å²) in [6.45, 7) is -0.189. The molecule has 5 aromatic rings. The van der Waals surface area contributed by atoms with Gasteiger partial charge in [0.1, 0.15) is 24.0 Å². The molecule has 38 heavy (non-hydrogen) atoms. The lowest BCUT2D eigenvalue weighted by Gasteiger charge is -2.18. The van der Waals surface area contributed by atoms with Crippen molar-refractivity contribution in [2.75, 3.05) is 0 Å². The fourth-order valence-electron chi connectivity index (χ4n) is 4.35. The lowest BCUT2D eigenvalue weighted by atomic mass is 9.90. The summed E-state index contributed by atoms with van der Waals surface area (Å²) in [5.74, 6) is -1.15. The number of fused-ring (bicyclic) bond motifs is 1. The van der Waals surface area contributed by atoms with Gasteiger partial charge in [-0.3, -0.25) is 9.78 Å². The number of nitrogens with zero attached hydrogens (tertiary/aromatic N) is 1. The number of rotatable bonds is 6. The number of hydrogen-bond donors (Lipinski definition) is 0. The van der Waals surface area contributed by atoms with Gasteiger partial charge < -0.3 is 4.74 Å². The zero-order valence-electron chi connectivity index (χ0n) is 19.6. The molecule has 0 N–H and O–H groups in total. The average Bonchev–Trinajstić information content (AvgIpc) is 2.91. The van der Waals surface area contributed by atoms with Crippen LogP contribution >= 0.6 is 0 Å². The number of para-hydroxylation sites is 1. The van der Waals surface area contributed by atoms with Gasteiger partial charge in [-0.05, 0) is 41.5 Å². The summed E-state index contributed by atoms with van der Waals surface area (Å²) in [7, 11) is 0. The van der Waals surface area contributed by atoms with Crippen molar-refractivity contribution < 1.29 is 31.5 Å². The summed E-state index contributed by atoms with van der Waals surface area (Å²) in [4.78, 5) is 15.9. The summed E-state index contributed by atoms with van der Waals surface area (Å²) in [5, 5.41) is 0.236.